The number of benzene rings is 2. The van der Waals surface area contributed by atoms with Crippen molar-refractivity contribution < 1.29 is 9.53 Å². The SMILES string of the molecule is C=CCOc1ccc(-c2nn(-c3ccccc3)cc2/C=C2\SC(=S)N(CCCCCC)C2=O)c(C)c1. The topological polar surface area (TPSA) is 47.4 Å². The van der Waals surface area contributed by atoms with Gasteiger partial charge in [0, 0.05) is 23.9 Å². The van der Waals surface area contributed by atoms with Crippen LogP contribution in [-0.4, -0.2) is 38.1 Å². The molecule has 0 N–H and O–H groups in total. The lowest BCUT2D eigenvalue weighted by Crippen LogP contribution is -2.29. The second-order valence-corrected chi connectivity index (χ2v) is 10.4. The average molecular weight is 518 g/mol. The number of unbranched alkanes of at least 4 members (excludes halogenated alkanes) is 3. The summed E-state index contributed by atoms with van der Waals surface area (Å²) in [5.41, 5.74) is 4.64. The molecule has 1 fully saturated rings. The van der Waals surface area contributed by atoms with Crippen LogP contribution < -0.4 is 4.74 Å². The monoisotopic (exact) mass is 517 g/mol. The molecule has 3 aromatic rings. The van der Waals surface area contributed by atoms with Crippen molar-refractivity contribution in [1.29, 1.82) is 0 Å². The van der Waals surface area contributed by atoms with E-state index in [0.29, 0.717) is 22.4 Å². The minimum atomic E-state index is -0.0233. The lowest BCUT2D eigenvalue weighted by Gasteiger charge is -2.13. The maximum Gasteiger partial charge on any atom is 0.266 e. The van der Waals surface area contributed by atoms with E-state index in [1.807, 2.05) is 72.4 Å². The van der Waals surface area contributed by atoms with Gasteiger partial charge in [-0.25, -0.2) is 4.68 Å². The third-order valence-electron chi connectivity index (χ3n) is 5.98. The van der Waals surface area contributed by atoms with Crippen molar-refractivity contribution in [3.63, 3.8) is 0 Å². The van der Waals surface area contributed by atoms with Gasteiger partial charge in [0.1, 0.15) is 22.4 Å². The number of para-hydroxylation sites is 1. The second kappa shape index (κ2) is 12.2. The Labute approximate surface area is 222 Å². The maximum absolute atomic E-state index is 13.2. The summed E-state index contributed by atoms with van der Waals surface area (Å²) in [6, 6.07) is 15.9. The molecule has 5 nitrogen and oxygen atoms in total. The van der Waals surface area contributed by atoms with E-state index in [1.54, 1.807) is 11.0 Å². The van der Waals surface area contributed by atoms with Crippen LogP contribution in [0, 0.1) is 6.92 Å². The average Bonchev–Trinajstić information content (AvgIpc) is 3.41. The van der Waals surface area contributed by atoms with Crippen LogP contribution in [0.4, 0.5) is 0 Å². The highest BCUT2D eigenvalue weighted by Gasteiger charge is 2.32. The summed E-state index contributed by atoms with van der Waals surface area (Å²) in [6.45, 7) is 9.05. The van der Waals surface area contributed by atoms with Gasteiger partial charge in [-0.05, 0) is 55.3 Å². The number of carbonyl (C=O) groups is 1. The van der Waals surface area contributed by atoms with Crippen molar-refractivity contribution in [2.24, 2.45) is 0 Å². The molecule has 0 spiro atoms. The summed E-state index contributed by atoms with van der Waals surface area (Å²) in [5, 5.41) is 4.93. The molecule has 186 valence electrons. The minimum Gasteiger partial charge on any atom is -0.490 e. The number of nitrogens with zero attached hydrogens (tertiary/aromatic N) is 3. The van der Waals surface area contributed by atoms with Crippen LogP contribution in [0.3, 0.4) is 0 Å². The van der Waals surface area contributed by atoms with Gasteiger partial charge >= 0.3 is 0 Å². The normalized spacial score (nSPS) is 14.6. The Balaban J connectivity index is 1.69. The van der Waals surface area contributed by atoms with Crippen LogP contribution in [0.2, 0.25) is 0 Å². The quantitative estimate of drug-likeness (QED) is 0.117. The molecule has 0 bridgehead atoms. The molecule has 2 aromatic carbocycles. The molecule has 1 aromatic heterocycles. The number of amides is 1. The molecule has 1 amide bonds. The van der Waals surface area contributed by atoms with Gasteiger partial charge in [-0.1, -0.05) is 81.0 Å². The van der Waals surface area contributed by atoms with Crippen LogP contribution in [0.15, 0.2) is 72.3 Å². The number of rotatable bonds is 11. The van der Waals surface area contributed by atoms with Crippen molar-refractivity contribution in [2.75, 3.05) is 13.2 Å². The number of thiocarbonyl (C=S) groups is 1. The Morgan fingerprint density at radius 1 is 1.14 bits per heavy atom. The van der Waals surface area contributed by atoms with Crippen molar-refractivity contribution in [3.05, 3.63) is 83.4 Å². The van der Waals surface area contributed by atoms with Crippen LogP contribution in [0.5, 0.6) is 5.75 Å². The summed E-state index contributed by atoms with van der Waals surface area (Å²) in [6.07, 6.45) is 10.0. The Morgan fingerprint density at radius 3 is 2.67 bits per heavy atom. The van der Waals surface area contributed by atoms with E-state index < -0.39 is 0 Å². The first-order valence-corrected chi connectivity index (χ1v) is 13.5. The zero-order chi connectivity index (χ0) is 25.5. The Hall–Kier alpha value is -3.16. The van der Waals surface area contributed by atoms with Gasteiger partial charge in [0.15, 0.2) is 0 Å². The summed E-state index contributed by atoms with van der Waals surface area (Å²) >= 11 is 6.92. The summed E-state index contributed by atoms with van der Waals surface area (Å²) in [7, 11) is 0. The molecule has 1 aliphatic heterocycles. The number of hydrogen-bond acceptors (Lipinski definition) is 5. The molecule has 0 aliphatic carbocycles. The van der Waals surface area contributed by atoms with E-state index >= 15 is 0 Å². The molecular formula is C29H31N3O2S2. The first kappa shape index (κ1) is 25.9. The van der Waals surface area contributed by atoms with E-state index in [0.717, 1.165) is 53.1 Å². The van der Waals surface area contributed by atoms with E-state index in [9.17, 15) is 4.79 Å². The summed E-state index contributed by atoms with van der Waals surface area (Å²) in [4.78, 5) is 15.6. The molecule has 0 atom stereocenters. The second-order valence-electron chi connectivity index (χ2n) is 8.68. The van der Waals surface area contributed by atoms with Crippen molar-refractivity contribution in [3.8, 4) is 22.7 Å². The predicted octanol–water partition coefficient (Wildman–Crippen LogP) is 7.19. The molecule has 0 radical (unpaired) electrons. The zero-order valence-electron chi connectivity index (χ0n) is 20.8. The summed E-state index contributed by atoms with van der Waals surface area (Å²) < 4.78 is 8.18. The standard InChI is InChI=1S/C29H31N3O2S2/c1-4-6-7-11-16-31-28(33)26(36-29(31)35)19-22-20-32(23-12-9-8-10-13-23)30-27(22)25-15-14-24(18-21(25)3)34-17-5-2/h5,8-10,12-15,18-20H,2,4,6-7,11,16-17H2,1,3H3/b26-19-. The Kier molecular flexibility index (Phi) is 8.78. The van der Waals surface area contributed by atoms with Gasteiger partial charge in [-0.15, -0.1) is 0 Å². The predicted molar refractivity (Wildman–Crippen MR) is 153 cm³/mol. The lowest BCUT2D eigenvalue weighted by molar-refractivity contribution is -0.122. The van der Waals surface area contributed by atoms with Gasteiger partial charge < -0.3 is 4.74 Å². The van der Waals surface area contributed by atoms with Crippen molar-refractivity contribution in [2.45, 2.75) is 39.5 Å². The van der Waals surface area contributed by atoms with Gasteiger partial charge in [-0.3, -0.25) is 9.69 Å². The number of aryl methyl sites for hydroxylation is 1. The van der Waals surface area contributed by atoms with Gasteiger partial charge in [0.05, 0.1) is 10.6 Å². The number of thioether (sulfide) groups is 1. The third kappa shape index (κ3) is 5.97. The first-order valence-electron chi connectivity index (χ1n) is 12.3. The van der Waals surface area contributed by atoms with Gasteiger partial charge in [0.25, 0.3) is 5.91 Å². The third-order valence-corrected chi connectivity index (χ3v) is 7.36. The zero-order valence-corrected chi connectivity index (χ0v) is 22.4. The number of aromatic nitrogens is 2. The lowest BCUT2D eigenvalue weighted by atomic mass is 10.0. The van der Waals surface area contributed by atoms with E-state index in [2.05, 4.69) is 13.5 Å². The van der Waals surface area contributed by atoms with E-state index in [1.165, 1.54) is 18.2 Å². The number of hydrogen-bond donors (Lipinski definition) is 0. The molecule has 0 unspecified atom stereocenters. The summed E-state index contributed by atoms with van der Waals surface area (Å²) in [5.74, 6) is 0.758. The molecule has 4 rings (SSSR count). The van der Waals surface area contributed by atoms with Gasteiger partial charge in [0.2, 0.25) is 0 Å². The molecule has 36 heavy (non-hydrogen) atoms. The first-order chi connectivity index (χ1) is 17.5. The smallest absolute Gasteiger partial charge is 0.266 e. The minimum absolute atomic E-state index is 0.0233. The molecule has 1 aliphatic rings. The van der Waals surface area contributed by atoms with E-state index in [4.69, 9.17) is 22.1 Å². The molecule has 2 heterocycles. The van der Waals surface area contributed by atoms with Gasteiger partial charge in [-0.2, -0.15) is 5.10 Å². The Morgan fingerprint density at radius 2 is 1.94 bits per heavy atom. The highest BCUT2D eigenvalue weighted by Crippen LogP contribution is 2.36. The fourth-order valence-corrected chi connectivity index (χ4v) is 5.39. The van der Waals surface area contributed by atoms with E-state index in [-0.39, 0.29) is 5.91 Å². The number of ether oxygens (including phenoxy) is 1. The molecular weight excluding hydrogens is 486 g/mol. The van der Waals surface area contributed by atoms with Crippen LogP contribution in [0.1, 0.15) is 43.7 Å². The largest absolute Gasteiger partial charge is 0.490 e. The molecule has 0 saturated carbocycles. The van der Waals surface area contributed by atoms with Crippen LogP contribution in [-0.2, 0) is 4.79 Å². The molecule has 7 heteroatoms. The Bertz CT molecular complexity index is 1280. The van der Waals surface area contributed by atoms with Crippen molar-refractivity contribution in [1.82, 2.24) is 14.7 Å². The fourth-order valence-electron chi connectivity index (χ4n) is 4.09. The maximum atomic E-state index is 13.2. The van der Waals surface area contributed by atoms with Crippen molar-refractivity contribution >= 4 is 40.3 Å². The highest BCUT2D eigenvalue weighted by atomic mass is 32.2. The number of carbonyl (C=O) groups excluding carboxylic acids is 1. The highest BCUT2D eigenvalue weighted by molar-refractivity contribution is 8.26. The van der Waals surface area contributed by atoms with Crippen LogP contribution in [0.25, 0.3) is 23.0 Å². The fraction of sp³-hybridized carbons (Fsp3) is 0.276. The van der Waals surface area contributed by atoms with Crippen LogP contribution >= 0.6 is 24.0 Å². The molecule has 1 saturated heterocycles.